The quantitative estimate of drug-likeness (QED) is 0.0527. The summed E-state index contributed by atoms with van der Waals surface area (Å²) in [5.41, 5.74) is 20.5. The van der Waals surface area contributed by atoms with E-state index in [4.69, 9.17) is 11.5 Å². The number of aryl methyl sites for hydroxylation is 3. The third kappa shape index (κ3) is 15.0. The van der Waals surface area contributed by atoms with Crippen LogP contribution in [0.3, 0.4) is 0 Å². The Labute approximate surface area is 359 Å². The number of carbonyl (C=O) groups excluding carboxylic acids is 2. The maximum Gasteiger partial charge on any atom is 0.360 e. The molecule has 1 aliphatic rings. The lowest BCUT2D eigenvalue weighted by Gasteiger charge is -2.27. The first-order valence-electron chi connectivity index (χ1n) is 20.6. The second-order valence-corrected chi connectivity index (χ2v) is 17.6. The zero-order valence-electron chi connectivity index (χ0n) is 36.0. The van der Waals surface area contributed by atoms with Crippen LogP contribution in [-0.4, -0.2) is 98.1 Å². The smallest absolute Gasteiger partial charge is 0.360 e. The van der Waals surface area contributed by atoms with Crippen LogP contribution in [-0.2, 0) is 22.7 Å². The molecule has 2 amide bonds. The average molecular weight is 845 g/mol. The Morgan fingerprint density at radius 2 is 1.34 bits per heavy atom. The summed E-state index contributed by atoms with van der Waals surface area (Å²) < 4.78 is 17.9. The molecule has 10 nitrogen and oxygen atoms in total. The number of hydrogen-bond acceptors (Lipinski definition) is 8. The van der Waals surface area contributed by atoms with Gasteiger partial charge in [0.05, 0.1) is 6.04 Å². The van der Waals surface area contributed by atoms with Crippen molar-refractivity contribution >= 4 is 57.3 Å². The van der Waals surface area contributed by atoms with Crippen LogP contribution in [0.1, 0.15) is 61.9 Å². The van der Waals surface area contributed by atoms with E-state index in [0.29, 0.717) is 25.4 Å². The number of anilines is 1. The Bertz CT molecular complexity index is 1970. The number of hydrogen-bond donors (Lipinski definition) is 2. The number of nitrogens with two attached hydrogens (primary N) is 2. The van der Waals surface area contributed by atoms with Crippen molar-refractivity contribution in [2.24, 2.45) is 11.5 Å². The van der Waals surface area contributed by atoms with Crippen LogP contribution in [0.15, 0.2) is 90.4 Å². The number of likely N-dealkylation sites (N-methyl/N-ethyl adjacent to an activating group) is 2. The summed E-state index contributed by atoms with van der Waals surface area (Å²) in [5.74, 6) is -0.154. The maximum atomic E-state index is 14.1. The lowest BCUT2D eigenvalue weighted by atomic mass is 10.0. The SMILES string of the molecule is CC[n+]1ccc(/C=C/c2ccc(N(C)CCCN(C)C(=O)C(N)SSCC(N)C(=O)N(C)CCCN(C)C3=CC=C(/C=C/c4cc[n+](CC)c(F)c4)CC3)cc2)cc1C. The van der Waals surface area contributed by atoms with Crippen molar-refractivity contribution in [3.63, 3.8) is 0 Å². The molecule has 4 rings (SSSR count). The second kappa shape index (κ2) is 24.0. The van der Waals surface area contributed by atoms with E-state index in [-0.39, 0.29) is 17.8 Å². The van der Waals surface area contributed by atoms with Crippen molar-refractivity contribution in [3.05, 3.63) is 119 Å². The molecule has 0 spiro atoms. The molecule has 0 aliphatic heterocycles. The lowest BCUT2D eigenvalue weighted by molar-refractivity contribution is -0.720. The summed E-state index contributed by atoms with van der Waals surface area (Å²) in [7, 11) is 10.3. The molecule has 1 aromatic carbocycles. The highest BCUT2D eigenvalue weighted by atomic mass is 33.1. The number of allylic oxidation sites excluding steroid dienone is 5. The van der Waals surface area contributed by atoms with Gasteiger partial charge in [-0.1, -0.05) is 64.1 Å². The van der Waals surface area contributed by atoms with Crippen LogP contribution < -0.4 is 25.5 Å². The van der Waals surface area contributed by atoms with Crippen molar-refractivity contribution in [1.29, 1.82) is 0 Å². The number of aromatic nitrogens is 2. The topological polar surface area (TPSA) is 107 Å². The summed E-state index contributed by atoms with van der Waals surface area (Å²) in [6.07, 6.45) is 19.8. The molecule has 13 heteroatoms. The highest BCUT2D eigenvalue weighted by Crippen LogP contribution is 2.26. The van der Waals surface area contributed by atoms with Crippen molar-refractivity contribution in [2.45, 2.75) is 71.0 Å². The van der Waals surface area contributed by atoms with Gasteiger partial charge >= 0.3 is 5.95 Å². The van der Waals surface area contributed by atoms with Gasteiger partial charge in [0.1, 0.15) is 18.5 Å². The molecular formula is C46H65FN8O2S2+2. The molecule has 59 heavy (non-hydrogen) atoms. The first-order valence-corrected chi connectivity index (χ1v) is 22.9. The van der Waals surface area contributed by atoms with Crippen LogP contribution in [0.25, 0.3) is 18.2 Å². The van der Waals surface area contributed by atoms with E-state index in [1.54, 1.807) is 40.7 Å². The highest BCUT2D eigenvalue weighted by Gasteiger charge is 2.22. The molecular weight excluding hydrogens is 780 g/mol. The minimum Gasteiger partial charge on any atom is -0.378 e. The Balaban J connectivity index is 1.09. The monoisotopic (exact) mass is 844 g/mol. The minimum atomic E-state index is -0.746. The zero-order valence-corrected chi connectivity index (χ0v) is 37.7. The van der Waals surface area contributed by atoms with Gasteiger partial charge in [-0.05, 0) is 80.0 Å². The third-order valence-electron chi connectivity index (χ3n) is 10.6. The Hall–Kier alpha value is -4.43. The van der Waals surface area contributed by atoms with E-state index >= 15 is 0 Å². The van der Waals surface area contributed by atoms with E-state index in [1.165, 1.54) is 44.1 Å². The maximum absolute atomic E-state index is 14.1. The van der Waals surface area contributed by atoms with Gasteiger partial charge in [0.15, 0.2) is 18.1 Å². The summed E-state index contributed by atoms with van der Waals surface area (Å²) in [5, 5.41) is -0.746. The fourth-order valence-electron chi connectivity index (χ4n) is 6.72. The van der Waals surface area contributed by atoms with Crippen LogP contribution in [0.4, 0.5) is 10.1 Å². The molecule has 318 valence electrons. The van der Waals surface area contributed by atoms with Crippen molar-refractivity contribution in [2.75, 3.05) is 65.0 Å². The number of amides is 2. The van der Waals surface area contributed by atoms with Crippen LogP contribution in [0.2, 0.25) is 0 Å². The summed E-state index contributed by atoms with van der Waals surface area (Å²) in [6.45, 7) is 10.5. The minimum absolute atomic E-state index is 0.126. The van der Waals surface area contributed by atoms with Gasteiger partial charge < -0.3 is 31.1 Å². The first-order chi connectivity index (χ1) is 28.3. The second-order valence-electron chi connectivity index (χ2n) is 15.1. The fraction of sp³-hybridized carbons (Fsp3) is 0.435. The van der Waals surface area contributed by atoms with Gasteiger partial charge in [0.25, 0.3) is 0 Å². The number of rotatable bonds is 22. The molecule has 0 bridgehead atoms. The molecule has 0 saturated heterocycles. The summed E-state index contributed by atoms with van der Waals surface area (Å²) in [6, 6.07) is 15.6. The normalized spacial score (nSPS) is 13.9. The van der Waals surface area contributed by atoms with Gasteiger partial charge in [-0.2, -0.15) is 4.57 Å². The molecule has 4 N–H and O–H groups in total. The molecule has 2 atom stereocenters. The standard InChI is InChI=1S/C46H65FN8O2S2/c1-8-54-30-24-38(32-35(54)3)14-12-36-16-20-41(21-17-36)51(5)27-11-29-53(7)46(57)44(49)59-58-34-42(48)45(56)52(6)28-10-26-50(4)40-22-18-37(19-23-40)13-15-39-25-31-55(9-2)43(47)33-39/h12-18,20-22,24-25,30-33,42,44H,8-11,19,23,26-29,34,48-49H2,1-7H3/q+2. The average Bonchev–Trinajstić information content (AvgIpc) is 3.24. The Kier molecular flexibility index (Phi) is 19.2. The highest BCUT2D eigenvalue weighted by molar-refractivity contribution is 8.77. The predicted octanol–water partition coefficient (Wildman–Crippen LogP) is 6.30. The zero-order chi connectivity index (χ0) is 42.9. The van der Waals surface area contributed by atoms with Crippen LogP contribution >= 0.6 is 21.6 Å². The van der Waals surface area contributed by atoms with Gasteiger partial charge in [-0.3, -0.25) is 9.59 Å². The molecule has 0 radical (unpaired) electrons. The molecule has 2 heterocycles. The van der Waals surface area contributed by atoms with E-state index in [9.17, 15) is 14.0 Å². The number of nitrogens with zero attached hydrogens (tertiary/aromatic N) is 6. The van der Waals surface area contributed by atoms with E-state index in [0.717, 1.165) is 62.1 Å². The lowest BCUT2D eigenvalue weighted by Crippen LogP contribution is -2.44. The Morgan fingerprint density at radius 3 is 1.95 bits per heavy atom. The van der Waals surface area contributed by atoms with Gasteiger partial charge in [0.2, 0.25) is 11.8 Å². The van der Waals surface area contributed by atoms with Crippen LogP contribution in [0, 0.1) is 12.9 Å². The van der Waals surface area contributed by atoms with Crippen molar-refractivity contribution < 1.29 is 23.1 Å². The van der Waals surface area contributed by atoms with Gasteiger partial charge in [-0.15, -0.1) is 4.39 Å². The Morgan fingerprint density at radius 1 is 0.746 bits per heavy atom. The number of carbonyl (C=O) groups is 2. The molecule has 0 fully saturated rings. The molecule has 3 aromatic rings. The predicted molar refractivity (Wildman–Crippen MR) is 246 cm³/mol. The van der Waals surface area contributed by atoms with Gasteiger partial charge in [-0.25, -0.2) is 4.57 Å². The van der Waals surface area contributed by atoms with E-state index in [1.807, 2.05) is 19.1 Å². The van der Waals surface area contributed by atoms with E-state index < -0.39 is 11.4 Å². The molecule has 2 aromatic heterocycles. The van der Waals surface area contributed by atoms with Crippen molar-refractivity contribution in [3.8, 4) is 0 Å². The first kappa shape index (κ1) is 47.3. The molecule has 0 saturated carbocycles. The molecule has 2 unspecified atom stereocenters. The summed E-state index contributed by atoms with van der Waals surface area (Å²) in [4.78, 5) is 33.8. The largest absolute Gasteiger partial charge is 0.378 e. The van der Waals surface area contributed by atoms with Crippen molar-refractivity contribution in [1.82, 2.24) is 14.7 Å². The fourth-order valence-corrected chi connectivity index (χ4v) is 8.86. The molecule has 1 aliphatic carbocycles. The summed E-state index contributed by atoms with van der Waals surface area (Å²) >= 11 is 0. The van der Waals surface area contributed by atoms with E-state index in [2.05, 4.69) is 115 Å². The number of halogens is 1. The van der Waals surface area contributed by atoms with Gasteiger partial charge in [0, 0.05) is 103 Å². The van der Waals surface area contributed by atoms with Crippen LogP contribution in [0.5, 0.6) is 0 Å². The number of pyridine rings is 2. The number of benzene rings is 1. The third-order valence-corrected chi connectivity index (χ3v) is 13.1.